The molecule has 2 heteroatoms. The molecule has 0 saturated carbocycles. The summed E-state index contributed by atoms with van der Waals surface area (Å²) in [6.45, 7) is 7.35. The quantitative estimate of drug-likeness (QED) is 0.175. The Morgan fingerprint density at radius 1 is 0.370 bits per heavy atom. The van der Waals surface area contributed by atoms with E-state index in [2.05, 4.69) is 27.9 Å². The average molecular weight is 404 g/mol. The Labute approximate surface area is 180 Å². The number of hydrogen-bond donors (Lipinski definition) is 0. The SMILES string of the molecule is CCCCCCCCCCCCCCCCCC[N+](C)(C)CCCCC.[Cl-]. The first-order valence-electron chi connectivity index (χ1n) is 12.4. The van der Waals surface area contributed by atoms with Crippen LogP contribution in [0.25, 0.3) is 0 Å². The molecule has 1 nitrogen and oxygen atoms in total. The molecule has 0 spiro atoms. The highest BCUT2D eigenvalue weighted by molar-refractivity contribution is 4.50. The molecule has 0 N–H and O–H groups in total. The van der Waals surface area contributed by atoms with Gasteiger partial charge < -0.3 is 16.9 Å². The summed E-state index contributed by atoms with van der Waals surface area (Å²) in [5.41, 5.74) is 0. The molecule has 0 bridgehead atoms. The molecule has 0 aliphatic carbocycles. The molecule has 0 atom stereocenters. The van der Waals surface area contributed by atoms with E-state index in [0.29, 0.717) is 0 Å². The lowest BCUT2D eigenvalue weighted by Crippen LogP contribution is -3.00. The summed E-state index contributed by atoms with van der Waals surface area (Å²) in [6, 6.07) is 0. The van der Waals surface area contributed by atoms with E-state index in [9.17, 15) is 0 Å². The second-order valence-corrected chi connectivity index (χ2v) is 9.39. The fourth-order valence-corrected chi connectivity index (χ4v) is 3.99. The topological polar surface area (TPSA) is 0 Å². The Balaban J connectivity index is 0. The molecule has 0 amide bonds. The molecule has 0 heterocycles. The van der Waals surface area contributed by atoms with Crippen molar-refractivity contribution in [2.24, 2.45) is 0 Å². The third-order valence-corrected chi connectivity index (χ3v) is 5.98. The summed E-state index contributed by atoms with van der Waals surface area (Å²) in [4.78, 5) is 0. The molecule has 0 aliphatic heterocycles. The third kappa shape index (κ3) is 24.2. The van der Waals surface area contributed by atoms with Gasteiger partial charge in [-0.2, -0.15) is 0 Å². The van der Waals surface area contributed by atoms with Crippen molar-refractivity contribution < 1.29 is 16.9 Å². The zero-order valence-electron chi connectivity index (χ0n) is 19.7. The van der Waals surface area contributed by atoms with Gasteiger partial charge in [-0.15, -0.1) is 0 Å². The molecule has 166 valence electrons. The largest absolute Gasteiger partial charge is 1.00 e. The van der Waals surface area contributed by atoms with Crippen molar-refractivity contribution in [3.05, 3.63) is 0 Å². The van der Waals surface area contributed by atoms with Crippen LogP contribution in [-0.2, 0) is 0 Å². The first-order valence-corrected chi connectivity index (χ1v) is 12.4. The number of quaternary nitrogens is 1. The smallest absolute Gasteiger partial charge is 0.0782 e. The van der Waals surface area contributed by atoms with Gasteiger partial charge >= 0.3 is 0 Å². The molecule has 0 rings (SSSR count). The van der Waals surface area contributed by atoms with Crippen LogP contribution in [0.1, 0.15) is 136 Å². The maximum absolute atomic E-state index is 2.42. The first kappa shape index (κ1) is 29.5. The Morgan fingerprint density at radius 3 is 0.926 bits per heavy atom. The van der Waals surface area contributed by atoms with Crippen molar-refractivity contribution in [2.45, 2.75) is 136 Å². The van der Waals surface area contributed by atoms with Crippen LogP contribution in [0.5, 0.6) is 0 Å². The predicted octanol–water partition coefficient (Wildman–Crippen LogP) is 5.52. The minimum absolute atomic E-state index is 0. The van der Waals surface area contributed by atoms with E-state index in [1.807, 2.05) is 0 Å². The van der Waals surface area contributed by atoms with Gasteiger partial charge in [0.05, 0.1) is 27.2 Å². The van der Waals surface area contributed by atoms with Crippen LogP contribution in [0.4, 0.5) is 0 Å². The second kappa shape index (κ2) is 22.5. The summed E-state index contributed by atoms with van der Waals surface area (Å²) >= 11 is 0. The molecular weight excluding hydrogens is 350 g/mol. The molecule has 0 aliphatic rings. The van der Waals surface area contributed by atoms with Crippen molar-refractivity contribution in [3.8, 4) is 0 Å². The fourth-order valence-electron chi connectivity index (χ4n) is 3.99. The highest BCUT2D eigenvalue weighted by Gasteiger charge is 2.13. The maximum atomic E-state index is 2.42. The maximum Gasteiger partial charge on any atom is 0.0782 e. The molecule has 0 aromatic heterocycles. The lowest BCUT2D eigenvalue weighted by Gasteiger charge is -2.29. The van der Waals surface area contributed by atoms with E-state index in [0.717, 1.165) is 0 Å². The zero-order valence-corrected chi connectivity index (χ0v) is 20.4. The second-order valence-electron chi connectivity index (χ2n) is 9.39. The van der Waals surface area contributed by atoms with E-state index in [1.54, 1.807) is 0 Å². The summed E-state index contributed by atoms with van der Waals surface area (Å²) in [7, 11) is 4.84. The van der Waals surface area contributed by atoms with Gasteiger partial charge in [0.25, 0.3) is 0 Å². The van der Waals surface area contributed by atoms with Crippen molar-refractivity contribution in [1.82, 2.24) is 0 Å². The first-order chi connectivity index (χ1) is 12.6. The van der Waals surface area contributed by atoms with Crippen LogP contribution >= 0.6 is 0 Å². The molecule has 0 saturated heterocycles. The molecule has 27 heavy (non-hydrogen) atoms. The molecule has 0 radical (unpaired) electrons. The van der Waals surface area contributed by atoms with Crippen molar-refractivity contribution in [1.29, 1.82) is 0 Å². The monoisotopic (exact) mass is 403 g/mol. The highest BCUT2D eigenvalue weighted by atomic mass is 35.5. The minimum atomic E-state index is 0. The summed E-state index contributed by atoms with van der Waals surface area (Å²) in [6.07, 6.45) is 27.6. The summed E-state index contributed by atoms with van der Waals surface area (Å²) in [5, 5.41) is 0. The van der Waals surface area contributed by atoms with Crippen LogP contribution in [0.2, 0.25) is 0 Å². The van der Waals surface area contributed by atoms with Crippen LogP contribution < -0.4 is 12.4 Å². The number of unbranched alkanes of at least 4 members (excludes halogenated alkanes) is 17. The predicted molar refractivity (Wildman–Crippen MR) is 121 cm³/mol. The molecule has 0 aromatic rings. The van der Waals surface area contributed by atoms with Crippen LogP contribution in [0.15, 0.2) is 0 Å². The van der Waals surface area contributed by atoms with Gasteiger partial charge in [0.15, 0.2) is 0 Å². The van der Waals surface area contributed by atoms with Gasteiger partial charge in [0.2, 0.25) is 0 Å². The van der Waals surface area contributed by atoms with Gasteiger partial charge in [-0.05, 0) is 25.7 Å². The van der Waals surface area contributed by atoms with Crippen LogP contribution in [-0.4, -0.2) is 31.7 Å². The molecule has 0 unspecified atom stereocenters. The fraction of sp³-hybridized carbons (Fsp3) is 1.00. The standard InChI is InChI=1S/C25H54N.ClH/c1-5-7-9-10-11-12-13-14-15-16-17-18-19-20-21-23-25-26(3,4)24-22-8-6-2;/h5-25H2,1-4H3;1H/q+1;/p-1. The number of halogens is 1. The molecule has 0 aromatic carbocycles. The van der Waals surface area contributed by atoms with Gasteiger partial charge in [-0.3, -0.25) is 0 Å². The van der Waals surface area contributed by atoms with Gasteiger partial charge in [0.1, 0.15) is 0 Å². The lowest BCUT2D eigenvalue weighted by molar-refractivity contribution is -0.890. The Hall–Kier alpha value is 0.250. The number of hydrogen-bond acceptors (Lipinski definition) is 0. The van der Waals surface area contributed by atoms with Crippen molar-refractivity contribution >= 4 is 0 Å². The van der Waals surface area contributed by atoms with Gasteiger partial charge in [-0.25, -0.2) is 0 Å². The zero-order chi connectivity index (χ0) is 19.3. The van der Waals surface area contributed by atoms with Crippen molar-refractivity contribution in [2.75, 3.05) is 27.2 Å². The van der Waals surface area contributed by atoms with E-state index in [1.165, 1.54) is 140 Å². The summed E-state index contributed by atoms with van der Waals surface area (Å²) in [5.74, 6) is 0. The Bertz CT molecular complexity index is 265. The third-order valence-electron chi connectivity index (χ3n) is 5.98. The van der Waals surface area contributed by atoms with Crippen LogP contribution in [0.3, 0.4) is 0 Å². The van der Waals surface area contributed by atoms with Gasteiger partial charge in [0, 0.05) is 0 Å². The average Bonchev–Trinajstić information content (AvgIpc) is 2.61. The highest BCUT2D eigenvalue weighted by Crippen LogP contribution is 2.14. The normalized spacial score (nSPS) is 11.6. The Kier molecular flexibility index (Phi) is 24.6. The van der Waals surface area contributed by atoms with E-state index < -0.39 is 0 Å². The molecule has 0 fully saturated rings. The minimum Gasteiger partial charge on any atom is -1.00 e. The van der Waals surface area contributed by atoms with E-state index in [-0.39, 0.29) is 12.4 Å². The van der Waals surface area contributed by atoms with E-state index in [4.69, 9.17) is 0 Å². The van der Waals surface area contributed by atoms with E-state index >= 15 is 0 Å². The van der Waals surface area contributed by atoms with Gasteiger partial charge in [-0.1, -0.05) is 110 Å². The Morgan fingerprint density at radius 2 is 0.593 bits per heavy atom. The summed E-state index contributed by atoms with van der Waals surface area (Å²) < 4.78 is 1.23. The number of nitrogens with zero attached hydrogens (tertiary/aromatic N) is 1. The molecular formula is C25H54ClN. The van der Waals surface area contributed by atoms with Crippen LogP contribution in [0, 0.1) is 0 Å². The number of rotatable bonds is 21. The van der Waals surface area contributed by atoms with Crippen molar-refractivity contribution in [3.63, 3.8) is 0 Å². The lowest BCUT2D eigenvalue weighted by atomic mass is 10.0.